The molecule has 4 heteroatoms. The van der Waals surface area contributed by atoms with Crippen molar-refractivity contribution in [1.82, 2.24) is 10.3 Å². The summed E-state index contributed by atoms with van der Waals surface area (Å²) in [7, 11) is 0. The van der Waals surface area contributed by atoms with Gasteiger partial charge < -0.3 is 10.6 Å². The topological polar surface area (TPSA) is 37.0 Å². The largest absolute Gasteiger partial charge is 0.383 e. The van der Waals surface area contributed by atoms with Crippen molar-refractivity contribution in [2.24, 2.45) is 0 Å². The van der Waals surface area contributed by atoms with Crippen molar-refractivity contribution in [3.8, 4) is 0 Å². The molecule has 0 radical (unpaired) electrons. The molecule has 0 unspecified atom stereocenters. The fourth-order valence-corrected chi connectivity index (χ4v) is 2.20. The van der Waals surface area contributed by atoms with E-state index in [0.717, 1.165) is 40.7 Å². The van der Waals surface area contributed by atoms with Gasteiger partial charge in [0.1, 0.15) is 0 Å². The Morgan fingerprint density at radius 1 is 1.22 bits per heavy atom. The summed E-state index contributed by atoms with van der Waals surface area (Å²) in [4.78, 5) is 4.33. The lowest BCUT2D eigenvalue weighted by molar-refractivity contribution is 0.701. The lowest BCUT2D eigenvalue weighted by atomic mass is 10.2. The number of rotatable bonds is 5. The number of anilines is 1. The molecule has 94 valence electrons. The standard InChI is InChI=1S/C14H16ClN3/c15-10-1-4-12-13(5-6-17-14(12)9-10)18-8-7-16-11-2-3-11/h1,4-6,9,11,16H,2-3,7-8H2,(H,17,18). The van der Waals surface area contributed by atoms with Crippen LogP contribution in [0.3, 0.4) is 0 Å². The third-order valence-electron chi connectivity index (χ3n) is 3.16. The number of fused-ring (bicyclic) bond motifs is 1. The van der Waals surface area contributed by atoms with E-state index < -0.39 is 0 Å². The molecule has 3 rings (SSSR count). The van der Waals surface area contributed by atoms with E-state index in [1.165, 1.54) is 12.8 Å². The van der Waals surface area contributed by atoms with Crippen LogP contribution in [-0.4, -0.2) is 24.1 Å². The van der Waals surface area contributed by atoms with Gasteiger partial charge in [-0.05, 0) is 37.1 Å². The number of hydrogen-bond donors (Lipinski definition) is 2. The molecule has 1 aliphatic rings. The summed E-state index contributed by atoms with van der Waals surface area (Å²) in [6.45, 7) is 1.93. The van der Waals surface area contributed by atoms with Gasteiger partial charge in [-0.25, -0.2) is 0 Å². The average molecular weight is 262 g/mol. The van der Waals surface area contributed by atoms with Crippen LogP contribution in [0, 0.1) is 0 Å². The first-order chi connectivity index (χ1) is 8.83. The van der Waals surface area contributed by atoms with Crippen molar-refractivity contribution in [1.29, 1.82) is 0 Å². The predicted octanol–water partition coefficient (Wildman–Crippen LogP) is 3.05. The monoisotopic (exact) mass is 261 g/mol. The van der Waals surface area contributed by atoms with Crippen LogP contribution in [0.5, 0.6) is 0 Å². The van der Waals surface area contributed by atoms with Crippen LogP contribution in [0.1, 0.15) is 12.8 Å². The Kier molecular flexibility index (Phi) is 3.35. The number of halogens is 1. The smallest absolute Gasteiger partial charge is 0.0737 e. The first kappa shape index (κ1) is 11.8. The highest BCUT2D eigenvalue weighted by atomic mass is 35.5. The highest BCUT2D eigenvalue weighted by molar-refractivity contribution is 6.31. The first-order valence-electron chi connectivity index (χ1n) is 6.34. The van der Waals surface area contributed by atoms with Crippen molar-refractivity contribution in [2.75, 3.05) is 18.4 Å². The molecule has 0 spiro atoms. The summed E-state index contributed by atoms with van der Waals surface area (Å²) >= 11 is 5.97. The molecule has 1 aromatic heterocycles. The Hall–Kier alpha value is -1.32. The minimum atomic E-state index is 0.725. The lowest BCUT2D eigenvalue weighted by Crippen LogP contribution is -2.23. The number of nitrogens with zero attached hydrogens (tertiary/aromatic N) is 1. The molecular weight excluding hydrogens is 246 g/mol. The Bertz CT molecular complexity index is 552. The van der Waals surface area contributed by atoms with E-state index in [1.807, 2.05) is 30.5 Å². The lowest BCUT2D eigenvalue weighted by Gasteiger charge is -2.10. The van der Waals surface area contributed by atoms with Crippen molar-refractivity contribution in [3.63, 3.8) is 0 Å². The van der Waals surface area contributed by atoms with Crippen LogP contribution in [0.4, 0.5) is 5.69 Å². The molecule has 0 amide bonds. The molecule has 2 aromatic rings. The molecule has 0 atom stereocenters. The molecule has 1 aromatic carbocycles. The van der Waals surface area contributed by atoms with E-state index in [1.54, 1.807) is 0 Å². The van der Waals surface area contributed by atoms with Crippen LogP contribution in [-0.2, 0) is 0 Å². The fourth-order valence-electron chi connectivity index (χ4n) is 2.04. The maximum Gasteiger partial charge on any atom is 0.0737 e. The third-order valence-corrected chi connectivity index (χ3v) is 3.39. The molecule has 2 N–H and O–H groups in total. The van der Waals surface area contributed by atoms with Crippen molar-refractivity contribution in [3.05, 3.63) is 35.5 Å². The molecule has 0 saturated heterocycles. The summed E-state index contributed by atoms with van der Waals surface area (Å²) in [6, 6.07) is 8.58. The quantitative estimate of drug-likeness (QED) is 0.813. The van der Waals surface area contributed by atoms with E-state index in [9.17, 15) is 0 Å². The summed E-state index contributed by atoms with van der Waals surface area (Å²) in [5.74, 6) is 0. The van der Waals surface area contributed by atoms with E-state index in [2.05, 4.69) is 15.6 Å². The molecule has 1 fully saturated rings. The highest BCUT2D eigenvalue weighted by Crippen LogP contribution is 2.24. The van der Waals surface area contributed by atoms with E-state index in [0.29, 0.717) is 0 Å². The maximum atomic E-state index is 5.97. The zero-order valence-corrected chi connectivity index (χ0v) is 10.9. The number of benzene rings is 1. The van der Waals surface area contributed by atoms with Crippen LogP contribution in [0.25, 0.3) is 10.9 Å². The van der Waals surface area contributed by atoms with Gasteiger partial charge in [0.2, 0.25) is 0 Å². The van der Waals surface area contributed by atoms with E-state index in [4.69, 9.17) is 11.6 Å². The van der Waals surface area contributed by atoms with Gasteiger partial charge in [-0.1, -0.05) is 11.6 Å². The summed E-state index contributed by atoms with van der Waals surface area (Å²) < 4.78 is 0. The minimum absolute atomic E-state index is 0.725. The van der Waals surface area contributed by atoms with Crippen molar-refractivity contribution >= 4 is 28.2 Å². The van der Waals surface area contributed by atoms with Crippen LogP contribution in [0.2, 0.25) is 5.02 Å². The first-order valence-corrected chi connectivity index (χ1v) is 6.72. The second-order valence-corrected chi connectivity index (χ2v) is 5.11. The van der Waals surface area contributed by atoms with Crippen LogP contribution >= 0.6 is 11.6 Å². The van der Waals surface area contributed by atoms with E-state index >= 15 is 0 Å². The molecule has 1 aliphatic carbocycles. The predicted molar refractivity (Wildman–Crippen MR) is 76.3 cm³/mol. The van der Waals surface area contributed by atoms with Gasteiger partial charge in [0, 0.05) is 41.4 Å². The van der Waals surface area contributed by atoms with Crippen LogP contribution in [0.15, 0.2) is 30.5 Å². The fraction of sp³-hybridized carbons (Fsp3) is 0.357. The van der Waals surface area contributed by atoms with Gasteiger partial charge in [0.15, 0.2) is 0 Å². The third kappa shape index (κ3) is 2.74. The van der Waals surface area contributed by atoms with Gasteiger partial charge >= 0.3 is 0 Å². The number of hydrogen-bond acceptors (Lipinski definition) is 3. The zero-order chi connectivity index (χ0) is 12.4. The minimum Gasteiger partial charge on any atom is -0.383 e. The SMILES string of the molecule is Clc1ccc2c(NCCNC3CC3)ccnc2c1. The summed E-state index contributed by atoms with van der Waals surface area (Å²) in [5, 5.41) is 8.77. The normalized spacial score (nSPS) is 14.9. The molecule has 1 heterocycles. The molecule has 1 saturated carbocycles. The molecule has 0 bridgehead atoms. The molecule has 0 aliphatic heterocycles. The molecular formula is C14H16ClN3. The zero-order valence-electron chi connectivity index (χ0n) is 10.1. The van der Waals surface area contributed by atoms with Gasteiger partial charge in [-0.15, -0.1) is 0 Å². The van der Waals surface area contributed by atoms with Gasteiger partial charge in [-0.2, -0.15) is 0 Å². The van der Waals surface area contributed by atoms with E-state index in [-0.39, 0.29) is 0 Å². The molecule has 18 heavy (non-hydrogen) atoms. The Labute approximate surface area is 112 Å². The average Bonchev–Trinajstić information content (AvgIpc) is 3.18. The number of aromatic nitrogens is 1. The number of pyridine rings is 1. The Morgan fingerprint density at radius 3 is 2.94 bits per heavy atom. The van der Waals surface area contributed by atoms with Gasteiger partial charge in [-0.3, -0.25) is 4.98 Å². The van der Waals surface area contributed by atoms with Gasteiger partial charge in [0.25, 0.3) is 0 Å². The van der Waals surface area contributed by atoms with Crippen molar-refractivity contribution < 1.29 is 0 Å². The molecule has 3 nitrogen and oxygen atoms in total. The van der Waals surface area contributed by atoms with Gasteiger partial charge in [0.05, 0.1) is 5.52 Å². The number of nitrogens with one attached hydrogen (secondary N) is 2. The maximum absolute atomic E-state index is 5.97. The highest BCUT2D eigenvalue weighted by Gasteiger charge is 2.19. The second kappa shape index (κ2) is 5.12. The Balaban J connectivity index is 1.70. The van der Waals surface area contributed by atoms with Crippen LogP contribution < -0.4 is 10.6 Å². The Morgan fingerprint density at radius 2 is 2.11 bits per heavy atom. The summed E-state index contributed by atoms with van der Waals surface area (Å²) in [5.41, 5.74) is 2.05. The second-order valence-electron chi connectivity index (χ2n) is 4.68. The van der Waals surface area contributed by atoms with Crippen molar-refractivity contribution in [2.45, 2.75) is 18.9 Å². The summed E-state index contributed by atoms with van der Waals surface area (Å²) in [6.07, 6.45) is 4.47.